The molecular weight excluding hydrogens is 380 g/mol. The number of carbonyl (C=O) groups excluding carboxylic acids is 2. The lowest BCUT2D eigenvalue weighted by atomic mass is 9.54. The molecule has 6 heteroatoms. The number of benzene rings is 2. The Kier molecular flexibility index (Phi) is 6.29. The number of hydrogen-bond acceptors (Lipinski definition) is 6. The fourth-order valence-corrected chi connectivity index (χ4v) is 4.44. The Hall–Kier alpha value is -2.70. The van der Waals surface area contributed by atoms with E-state index < -0.39 is 23.3 Å². The van der Waals surface area contributed by atoms with Crippen molar-refractivity contribution in [1.29, 1.82) is 0 Å². The summed E-state index contributed by atoms with van der Waals surface area (Å²) in [5, 5.41) is 0. The topological polar surface area (TPSA) is 105 Å². The van der Waals surface area contributed by atoms with E-state index in [0.29, 0.717) is 6.42 Å². The lowest BCUT2D eigenvalue weighted by molar-refractivity contribution is -0.267. The van der Waals surface area contributed by atoms with Gasteiger partial charge in [0, 0.05) is 18.0 Å². The summed E-state index contributed by atoms with van der Waals surface area (Å²) in [5.74, 6) is -1.93. The molecule has 0 aromatic heterocycles. The van der Waals surface area contributed by atoms with E-state index in [0.717, 1.165) is 22.3 Å². The minimum absolute atomic E-state index is 0.154. The van der Waals surface area contributed by atoms with Crippen LogP contribution in [0.15, 0.2) is 48.5 Å². The van der Waals surface area contributed by atoms with Crippen LogP contribution in [-0.4, -0.2) is 24.0 Å². The maximum Gasteiger partial charge on any atom is 0.366 e. The molecule has 0 heterocycles. The van der Waals surface area contributed by atoms with Crippen molar-refractivity contribution in [3.8, 4) is 11.1 Å². The molecular formula is C24H30N2O4. The van der Waals surface area contributed by atoms with Crippen LogP contribution < -0.4 is 11.5 Å². The molecule has 3 unspecified atom stereocenters. The van der Waals surface area contributed by atoms with Crippen molar-refractivity contribution in [2.24, 2.45) is 17.4 Å². The van der Waals surface area contributed by atoms with Gasteiger partial charge in [-0.3, -0.25) is 0 Å². The average molecular weight is 411 g/mol. The van der Waals surface area contributed by atoms with Gasteiger partial charge in [-0.1, -0.05) is 49.4 Å². The Morgan fingerprint density at radius 1 is 1.00 bits per heavy atom. The molecule has 0 amide bonds. The number of hydrogen-bond donors (Lipinski definition) is 2. The van der Waals surface area contributed by atoms with Gasteiger partial charge >= 0.3 is 11.9 Å². The van der Waals surface area contributed by atoms with Gasteiger partial charge < -0.3 is 11.5 Å². The van der Waals surface area contributed by atoms with Crippen LogP contribution in [0.1, 0.15) is 51.2 Å². The van der Waals surface area contributed by atoms with Crippen LogP contribution in [0.5, 0.6) is 0 Å². The van der Waals surface area contributed by atoms with Crippen LogP contribution in [0.4, 0.5) is 0 Å². The Balaban J connectivity index is 1.83. The molecule has 0 saturated carbocycles. The Labute approximate surface area is 177 Å². The number of fused-ring (bicyclic) bond motifs is 1. The van der Waals surface area contributed by atoms with Gasteiger partial charge in [-0.2, -0.15) is 0 Å². The zero-order chi connectivity index (χ0) is 22.1. The van der Waals surface area contributed by atoms with Gasteiger partial charge in [0.05, 0.1) is 5.92 Å². The Morgan fingerprint density at radius 2 is 1.67 bits per heavy atom. The number of rotatable bonds is 6. The fourth-order valence-electron chi connectivity index (χ4n) is 4.44. The summed E-state index contributed by atoms with van der Waals surface area (Å²) in [6.45, 7) is 7.15. The predicted molar refractivity (Wildman–Crippen MR) is 115 cm³/mol. The van der Waals surface area contributed by atoms with Gasteiger partial charge in [-0.25, -0.2) is 19.4 Å². The molecule has 3 rings (SSSR count). The molecule has 0 aliphatic heterocycles. The van der Waals surface area contributed by atoms with Crippen molar-refractivity contribution in [1.82, 2.24) is 0 Å². The first kappa shape index (κ1) is 22.0. The third kappa shape index (κ3) is 3.98. The standard InChI is InChI=1S/C24H30N2O4/c1-14(12-15(2)25)22(27)29-30-23(28)24(4)20-13-18(17-8-6-5-7-9-17)10-11-19(20)21(24)16(3)26/h5-11,13-16,21H,12,25-26H2,1-4H3/t14-,15+,16?,21?,24?/m1/s1. The maximum atomic E-state index is 13.0. The van der Waals surface area contributed by atoms with E-state index in [1.165, 1.54) is 0 Å². The molecule has 1 aliphatic rings. The van der Waals surface area contributed by atoms with Crippen molar-refractivity contribution >= 4 is 11.9 Å². The van der Waals surface area contributed by atoms with E-state index in [4.69, 9.17) is 21.2 Å². The van der Waals surface area contributed by atoms with Crippen LogP contribution in [0.25, 0.3) is 11.1 Å². The highest BCUT2D eigenvalue weighted by molar-refractivity contribution is 5.90. The predicted octanol–water partition coefficient (Wildman–Crippen LogP) is 3.43. The van der Waals surface area contributed by atoms with Crippen molar-refractivity contribution < 1.29 is 19.4 Å². The van der Waals surface area contributed by atoms with Crippen LogP contribution in [0.3, 0.4) is 0 Å². The van der Waals surface area contributed by atoms with E-state index in [9.17, 15) is 9.59 Å². The van der Waals surface area contributed by atoms with Crippen LogP contribution >= 0.6 is 0 Å². The van der Waals surface area contributed by atoms with Gasteiger partial charge in [-0.05, 0) is 55.5 Å². The quantitative estimate of drug-likeness (QED) is 0.558. The summed E-state index contributed by atoms with van der Waals surface area (Å²) in [6.07, 6.45) is 0.444. The van der Waals surface area contributed by atoms with E-state index in [-0.39, 0.29) is 18.0 Å². The highest BCUT2D eigenvalue weighted by atomic mass is 17.2. The highest BCUT2D eigenvalue weighted by Gasteiger charge is 2.57. The Bertz CT molecular complexity index is 926. The van der Waals surface area contributed by atoms with Crippen molar-refractivity contribution in [3.63, 3.8) is 0 Å². The first-order valence-corrected chi connectivity index (χ1v) is 10.3. The summed E-state index contributed by atoms with van der Waals surface area (Å²) in [4.78, 5) is 35.1. The van der Waals surface area contributed by atoms with Gasteiger partial charge in [0.25, 0.3) is 0 Å². The van der Waals surface area contributed by atoms with Gasteiger partial charge in [0.1, 0.15) is 5.41 Å². The molecule has 0 radical (unpaired) electrons. The smallest absolute Gasteiger partial charge is 0.328 e. The molecule has 6 nitrogen and oxygen atoms in total. The second kappa shape index (κ2) is 8.58. The third-order valence-electron chi connectivity index (χ3n) is 5.95. The molecule has 0 fully saturated rings. The average Bonchev–Trinajstić information content (AvgIpc) is 2.70. The largest absolute Gasteiger partial charge is 0.366 e. The minimum Gasteiger partial charge on any atom is -0.328 e. The molecule has 2 aromatic rings. The fraction of sp³-hybridized carbons (Fsp3) is 0.417. The van der Waals surface area contributed by atoms with E-state index in [1.54, 1.807) is 20.8 Å². The van der Waals surface area contributed by atoms with E-state index >= 15 is 0 Å². The van der Waals surface area contributed by atoms with Crippen molar-refractivity contribution in [2.45, 2.75) is 57.5 Å². The molecule has 0 spiro atoms. The first-order valence-electron chi connectivity index (χ1n) is 10.3. The monoisotopic (exact) mass is 410 g/mol. The van der Waals surface area contributed by atoms with Crippen LogP contribution in [0.2, 0.25) is 0 Å². The molecule has 160 valence electrons. The van der Waals surface area contributed by atoms with Gasteiger partial charge in [0.2, 0.25) is 0 Å². The van der Waals surface area contributed by atoms with Gasteiger partial charge in [0.15, 0.2) is 0 Å². The summed E-state index contributed by atoms with van der Waals surface area (Å²) < 4.78 is 0. The molecule has 0 saturated heterocycles. The lowest BCUT2D eigenvalue weighted by Crippen LogP contribution is -2.54. The van der Waals surface area contributed by atoms with Crippen LogP contribution in [0, 0.1) is 5.92 Å². The first-order chi connectivity index (χ1) is 14.2. The normalized spacial score (nSPS) is 22.8. The van der Waals surface area contributed by atoms with E-state index in [1.807, 2.05) is 55.5 Å². The third-order valence-corrected chi connectivity index (χ3v) is 5.95. The molecule has 30 heavy (non-hydrogen) atoms. The van der Waals surface area contributed by atoms with E-state index in [2.05, 4.69) is 0 Å². The SMILES string of the molecule is CC(N)C1c2ccc(-c3ccccc3)cc2C1(C)C(=O)OOC(=O)[C@H](C)C[C@H](C)N. The second-order valence-electron chi connectivity index (χ2n) is 8.59. The summed E-state index contributed by atoms with van der Waals surface area (Å²) in [7, 11) is 0. The lowest BCUT2D eigenvalue weighted by Gasteiger charge is -2.48. The van der Waals surface area contributed by atoms with Gasteiger partial charge in [-0.15, -0.1) is 0 Å². The maximum absolute atomic E-state index is 13.0. The highest BCUT2D eigenvalue weighted by Crippen LogP contribution is 2.54. The van der Waals surface area contributed by atoms with Crippen molar-refractivity contribution in [3.05, 3.63) is 59.7 Å². The molecule has 2 aromatic carbocycles. The summed E-state index contributed by atoms with van der Waals surface area (Å²) in [6, 6.07) is 15.5. The molecule has 0 bridgehead atoms. The number of nitrogens with two attached hydrogens (primary N) is 2. The molecule has 4 N–H and O–H groups in total. The zero-order valence-electron chi connectivity index (χ0n) is 17.9. The minimum atomic E-state index is -1.00. The second-order valence-corrected chi connectivity index (χ2v) is 8.59. The van der Waals surface area contributed by atoms with Crippen LogP contribution in [-0.2, 0) is 24.8 Å². The van der Waals surface area contributed by atoms with Crippen molar-refractivity contribution in [2.75, 3.05) is 0 Å². The zero-order valence-corrected chi connectivity index (χ0v) is 17.9. The number of carbonyl (C=O) groups is 2. The Morgan fingerprint density at radius 3 is 2.27 bits per heavy atom. The molecule has 1 aliphatic carbocycles. The summed E-state index contributed by atoms with van der Waals surface area (Å²) >= 11 is 0. The summed E-state index contributed by atoms with van der Waals surface area (Å²) in [5.41, 5.74) is 14.8. The molecule has 5 atom stereocenters.